The molecular weight excluding hydrogens is 382 g/mol. The van der Waals surface area contributed by atoms with Gasteiger partial charge in [0, 0.05) is 11.4 Å². The minimum Gasteiger partial charge on any atom is -0.494 e. The second-order valence-electron chi connectivity index (χ2n) is 7.06. The van der Waals surface area contributed by atoms with Gasteiger partial charge in [0.05, 0.1) is 12.6 Å². The second kappa shape index (κ2) is 10.1. The van der Waals surface area contributed by atoms with Crippen LogP contribution in [0.1, 0.15) is 37.8 Å². The van der Waals surface area contributed by atoms with E-state index in [9.17, 15) is 4.79 Å². The zero-order valence-electron chi connectivity index (χ0n) is 16.6. The van der Waals surface area contributed by atoms with Crippen LogP contribution in [0.3, 0.4) is 0 Å². The number of amides is 1. The highest BCUT2D eigenvalue weighted by Gasteiger charge is 2.36. The van der Waals surface area contributed by atoms with Crippen molar-refractivity contribution in [2.75, 3.05) is 11.9 Å². The highest BCUT2D eigenvalue weighted by atomic mass is 32.1. The Balaban J connectivity index is 1.74. The van der Waals surface area contributed by atoms with Gasteiger partial charge in [-0.25, -0.2) is 0 Å². The van der Waals surface area contributed by atoms with Crippen molar-refractivity contribution < 1.29 is 9.53 Å². The SMILES string of the molecule is C=C1NC(=S)N[C@H](c2ccc(OCCCCC)cc2)[C@H]1C(=O)Nc1ccccc1. The van der Waals surface area contributed by atoms with E-state index >= 15 is 0 Å². The maximum Gasteiger partial charge on any atom is 0.235 e. The van der Waals surface area contributed by atoms with E-state index < -0.39 is 5.92 Å². The first kappa shape index (κ1) is 20.9. The van der Waals surface area contributed by atoms with Gasteiger partial charge < -0.3 is 20.7 Å². The molecule has 3 N–H and O–H groups in total. The van der Waals surface area contributed by atoms with E-state index in [1.807, 2.05) is 54.6 Å². The molecule has 0 aliphatic carbocycles. The lowest BCUT2D eigenvalue weighted by Gasteiger charge is -2.35. The molecule has 1 aliphatic heterocycles. The van der Waals surface area contributed by atoms with Gasteiger partial charge in [0.2, 0.25) is 5.91 Å². The van der Waals surface area contributed by atoms with Crippen LogP contribution in [0.4, 0.5) is 5.69 Å². The van der Waals surface area contributed by atoms with Gasteiger partial charge in [-0.15, -0.1) is 0 Å². The summed E-state index contributed by atoms with van der Waals surface area (Å²) >= 11 is 5.30. The molecule has 0 bridgehead atoms. The molecule has 2 atom stereocenters. The third-order valence-corrected chi connectivity index (χ3v) is 5.07. The van der Waals surface area contributed by atoms with Gasteiger partial charge in [0.25, 0.3) is 0 Å². The number of unbranched alkanes of at least 4 members (excludes halogenated alkanes) is 2. The Morgan fingerprint density at radius 2 is 1.86 bits per heavy atom. The standard InChI is InChI=1S/C23H27N3O2S/c1-3-4-8-15-28-19-13-11-17(12-14-19)21-20(16(2)24-23(29)26-21)22(27)25-18-9-6-5-7-10-18/h5-7,9-14,20-21H,2-4,8,15H2,1H3,(H,25,27)(H2,24,26,29)/t20-,21+/m0/s1. The van der Waals surface area contributed by atoms with Crippen molar-refractivity contribution in [1.82, 2.24) is 10.6 Å². The second-order valence-corrected chi connectivity index (χ2v) is 7.47. The summed E-state index contributed by atoms with van der Waals surface area (Å²) in [6, 6.07) is 16.9. The van der Waals surface area contributed by atoms with Crippen molar-refractivity contribution in [2.45, 2.75) is 32.2 Å². The van der Waals surface area contributed by atoms with Crippen molar-refractivity contribution >= 4 is 28.9 Å². The Morgan fingerprint density at radius 3 is 2.55 bits per heavy atom. The van der Waals surface area contributed by atoms with Crippen LogP contribution in [0.2, 0.25) is 0 Å². The molecule has 0 radical (unpaired) electrons. The summed E-state index contributed by atoms with van der Waals surface area (Å²) in [6.45, 7) is 6.92. The Labute approximate surface area is 177 Å². The highest BCUT2D eigenvalue weighted by Crippen LogP contribution is 2.31. The molecule has 29 heavy (non-hydrogen) atoms. The summed E-state index contributed by atoms with van der Waals surface area (Å²) in [4.78, 5) is 13.0. The normalized spacial score (nSPS) is 18.5. The first-order chi connectivity index (χ1) is 14.1. The molecule has 1 amide bonds. The van der Waals surface area contributed by atoms with Crippen molar-refractivity contribution in [3.8, 4) is 5.75 Å². The lowest BCUT2D eigenvalue weighted by molar-refractivity contribution is -0.119. The lowest BCUT2D eigenvalue weighted by atomic mass is 9.88. The number of thiocarbonyl (C=S) groups is 1. The average Bonchev–Trinajstić information content (AvgIpc) is 2.72. The van der Waals surface area contributed by atoms with Gasteiger partial charge in [-0.05, 0) is 48.5 Å². The third kappa shape index (κ3) is 5.57. The number of carbonyl (C=O) groups excluding carboxylic acids is 1. The van der Waals surface area contributed by atoms with Gasteiger partial charge in [-0.2, -0.15) is 0 Å². The molecule has 0 aromatic heterocycles. The Hall–Kier alpha value is -2.86. The number of hydrogen-bond donors (Lipinski definition) is 3. The van der Waals surface area contributed by atoms with E-state index in [2.05, 4.69) is 29.5 Å². The van der Waals surface area contributed by atoms with Gasteiger partial charge in [0.1, 0.15) is 11.7 Å². The van der Waals surface area contributed by atoms with Crippen LogP contribution in [0.5, 0.6) is 5.75 Å². The number of hydrogen-bond acceptors (Lipinski definition) is 3. The largest absolute Gasteiger partial charge is 0.494 e. The maximum atomic E-state index is 13.0. The van der Waals surface area contributed by atoms with Crippen LogP contribution in [0, 0.1) is 5.92 Å². The molecule has 6 heteroatoms. The van der Waals surface area contributed by atoms with Gasteiger partial charge >= 0.3 is 0 Å². The molecule has 152 valence electrons. The Morgan fingerprint density at radius 1 is 1.14 bits per heavy atom. The molecule has 2 aromatic rings. The number of carbonyl (C=O) groups is 1. The Kier molecular flexibility index (Phi) is 7.25. The molecule has 0 saturated carbocycles. The van der Waals surface area contributed by atoms with Gasteiger partial charge in [-0.3, -0.25) is 4.79 Å². The molecule has 0 unspecified atom stereocenters. The molecule has 0 spiro atoms. The van der Waals surface area contributed by atoms with E-state index in [1.165, 1.54) is 6.42 Å². The number of rotatable bonds is 8. The lowest BCUT2D eigenvalue weighted by Crippen LogP contribution is -2.51. The zero-order chi connectivity index (χ0) is 20.6. The Bertz CT molecular complexity index is 852. The molecule has 3 rings (SSSR count). The summed E-state index contributed by atoms with van der Waals surface area (Å²) in [5, 5.41) is 9.63. The quantitative estimate of drug-likeness (QED) is 0.441. The summed E-state index contributed by atoms with van der Waals surface area (Å²) < 4.78 is 5.79. The monoisotopic (exact) mass is 409 g/mol. The summed E-state index contributed by atoms with van der Waals surface area (Å²) in [5.74, 6) is 0.164. The van der Waals surface area contributed by atoms with Crippen LogP contribution in [0.15, 0.2) is 66.9 Å². The van der Waals surface area contributed by atoms with E-state index in [1.54, 1.807) is 0 Å². The zero-order valence-corrected chi connectivity index (χ0v) is 17.4. The summed E-state index contributed by atoms with van der Waals surface area (Å²) in [6.07, 6.45) is 3.37. The van der Waals surface area contributed by atoms with E-state index in [-0.39, 0.29) is 11.9 Å². The molecule has 1 fully saturated rings. The number of para-hydroxylation sites is 1. The van der Waals surface area contributed by atoms with E-state index in [4.69, 9.17) is 17.0 Å². The van der Waals surface area contributed by atoms with Crippen molar-refractivity contribution in [3.05, 3.63) is 72.4 Å². The molecule has 5 nitrogen and oxygen atoms in total. The van der Waals surface area contributed by atoms with Crippen molar-refractivity contribution in [3.63, 3.8) is 0 Å². The first-order valence-electron chi connectivity index (χ1n) is 9.93. The van der Waals surface area contributed by atoms with Crippen LogP contribution in [-0.4, -0.2) is 17.6 Å². The predicted molar refractivity (Wildman–Crippen MR) is 121 cm³/mol. The van der Waals surface area contributed by atoms with Gasteiger partial charge in [-0.1, -0.05) is 56.7 Å². The average molecular weight is 410 g/mol. The molecular formula is C23H27N3O2S. The molecule has 1 saturated heterocycles. The van der Waals surface area contributed by atoms with Crippen LogP contribution < -0.4 is 20.7 Å². The minimum absolute atomic E-state index is 0.145. The first-order valence-corrected chi connectivity index (χ1v) is 10.3. The maximum absolute atomic E-state index is 13.0. The fraction of sp³-hybridized carbons (Fsp3) is 0.304. The van der Waals surface area contributed by atoms with Crippen LogP contribution in [-0.2, 0) is 4.79 Å². The van der Waals surface area contributed by atoms with Crippen molar-refractivity contribution in [2.24, 2.45) is 5.92 Å². The van der Waals surface area contributed by atoms with E-state index in [0.717, 1.165) is 29.8 Å². The molecule has 1 aliphatic rings. The van der Waals surface area contributed by atoms with Crippen molar-refractivity contribution in [1.29, 1.82) is 0 Å². The minimum atomic E-state index is -0.516. The van der Waals surface area contributed by atoms with Gasteiger partial charge in [0.15, 0.2) is 5.11 Å². The smallest absolute Gasteiger partial charge is 0.235 e. The van der Waals surface area contributed by atoms with E-state index in [0.29, 0.717) is 17.4 Å². The number of ether oxygens (including phenoxy) is 1. The van der Waals surface area contributed by atoms with Crippen LogP contribution in [0.25, 0.3) is 0 Å². The molecule has 2 aromatic carbocycles. The number of nitrogens with one attached hydrogen (secondary N) is 3. The fourth-order valence-electron chi connectivity index (χ4n) is 3.33. The fourth-order valence-corrected chi connectivity index (χ4v) is 3.58. The number of anilines is 1. The molecule has 1 heterocycles. The number of benzene rings is 2. The van der Waals surface area contributed by atoms with Crippen LogP contribution >= 0.6 is 12.2 Å². The summed E-state index contributed by atoms with van der Waals surface area (Å²) in [5.41, 5.74) is 2.27. The third-order valence-electron chi connectivity index (χ3n) is 4.85. The predicted octanol–water partition coefficient (Wildman–Crippen LogP) is 4.54. The highest BCUT2D eigenvalue weighted by molar-refractivity contribution is 7.80. The topological polar surface area (TPSA) is 62.4 Å². The summed E-state index contributed by atoms with van der Waals surface area (Å²) in [7, 11) is 0.